The molecule has 2 aliphatic carbocycles. The van der Waals surface area contributed by atoms with Crippen molar-refractivity contribution in [2.75, 3.05) is 0 Å². The third-order valence-corrected chi connectivity index (χ3v) is 5.18. The summed E-state index contributed by atoms with van der Waals surface area (Å²) in [6.07, 6.45) is 6.71. The van der Waals surface area contributed by atoms with Gasteiger partial charge in [-0.15, -0.1) is 0 Å². The molecule has 2 saturated carbocycles. The van der Waals surface area contributed by atoms with Crippen LogP contribution in [0.4, 0.5) is 0 Å². The third-order valence-electron chi connectivity index (χ3n) is 4.65. The largest absolute Gasteiger partial charge is 0.393 e. The van der Waals surface area contributed by atoms with Crippen molar-refractivity contribution in [2.24, 2.45) is 0 Å². The molecule has 2 fully saturated rings. The van der Waals surface area contributed by atoms with Gasteiger partial charge < -0.3 is 10.4 Å². The lowest BCUT2D eigenvalue weighted by molar-refractivity contribution is 0.108. The molecule has 19 heavy (non-hydrogen) atoms. The summed E-state index contributed by atoms with van der Waals surface area (Å²) >= 11 is 3.48. The Balaban J connectivity index is 1.44. The SMILES string of the molecule is OC1CCC(NC2CC(c3ccc(Br)cc3)C2)CC1. The lowest BCUT2D eigenvalue weighted by Gasteiger charge is -2.40. The van der Waals surface area contributed by atoms with Crippen LogP contribution in [0.3, 0.4) is 0 Å². The molecule has 0 aliphatic heterocycles. The standard InChI is InChI=1S/C16H22BrNO/c17-13-3-1-11(2-4-13)12-9-15(10-12)18-14-5-7-16(19)8-6-14/h1-4,12,14-16,18-19H,5-10H2. The molecule has 0 atom stereocenters. The Bertz CT molecular complexity index is 405. The van der Waals surface area contributed by atoms with Crippen LogP contribution >= 0.6 is 15.9 Å². The van der Waals surface area contributed by atoms with Crippen LogP contribution in [0.25, 0.3) is 0 Å². The Morgan fingerprint density at radius 3 is 2.21 bits per heavy atom. The Morgan fingerprint density at radius 1 is 0.947 bits per heavy atom. The minimum Gasteiger partial charge on any atom is -0.393 e. The number of aliphatic hydroxyl groups is 1. The van der Waals surface area contributed by atoms with Crippen LogP contribution in [0.1, 0.15) is 50.0 Å². The monoisotopic (exact) mass is 323 g/mol. The zero-order valence-corrected chi connectivity index (χ0v) is 12.8. The van der Waals surface area contributed by atoms with Gasteiger partial charge in [-0.05, 0) is 62.1 Å². The number of benzene rings is 1. The van der Waals surface area contributed by atoms with Gasteiger partial charge >= 0.3 is 0 Å². The Morgan fingerprint density at radius 2 is 1.58 bits per heavy atom. The van der Waals surface area contributed by atoms with E-state index in [9.17, 15) is 5.11 Å². The van der Waals surface area contributed by atoms with Crippen molar-refractivity contribution in [3.63, 3.8) is 0 Å². The van der Waals surface area contributed by atoms with Crippen molar-refractivity contribution in [3.05, 3.63) is 34.3 Å². The number of rotatable bonds is 3. The predicted molar refractivity (Wildman–Crippen MR) is 81.3 cm³/mol. The Hall–Kier alpha value is -0.380. The van der Waals surface area contributed by atoms with Crippen LogP contribution in [0, 0.1) is 0 Å². The lowest BCUT2D eigenvalue weighted by Crippen LogP contribution is -2.47. The maximum Gasteiger partial charge on any atom is 0.0541 e. The molecule has 0 radical (unpaired) electrons. The van der Waals surface area contributed by atoms with Crippen LogP contribution in [-0.2, 0) is 0 Å². The van der Waals surface area contributed by atoms with E-state index in [4.69, 9.17) is 0 Å². The number of nitrogens with one attached hydrogen (secondary N) is 1. The molecule has 0 saturated heterocycles. The normalized spacial score (nSPS) is 34.8. The lowest BCUT2D eigenvalue weighted by atomic mass is 9.75. The molecule has 104 valence electrons. The van der Waals surface area contributed by atoms with Gasteiger partial charge in [0, 0.05) is 16.6 Å². The zero-order chi connectivity index (χ0) is 13.2. The highest BCUT2D eigenvalue weighted by atomic mass is 79.9. The Kier molecular flexibility index (Phi) is 4.25. The number of aliphatic hydroxyl groups excluding tert-OH is 1. The van der Waals surface area contributed by atoms with Gasteiger partial charge in [0.05, 0.1) is 6.10 Å². The summed E-state index contributed by atoms with van der Waals surface area (Å²) in [5, 5.41) is 13.3. The summed E-state index contributed by atoms with van der Waals surface area (Å²) < 4.78 is 1.16. The minimum atomic E-state index is -0.0463. The highest BCUT2D eigenvalue weighted by molar-refractivity contribution is 9.10. The molecular weight excluding hydrogens is 302 g/mol. The van der Waals surface area contributed by atoms with Crippen molar-refractivity contribution < 1.29 is 5.11 Å². The van der Waals surface area contributed by atoms with Gasteiger partial charge in [-0.3, -0.25) is 0 Å². The molecule has 2 N–H and O–H groups in total. The van der Waals surface area contributed by atoms with Crippen molar-refractivity contribution in [1.29, 1.82) is 0 Å². The van der Waals surface area contributed by atoms with Crippen molar-refractivity contribution in [2.45, 2.75) is 62.6 Å². The summed E-state index contributed by atoms with van der Waals surface area (Å²) in [4.78, 5) is 0. The second-order valence-electron chi connectivity index (χ2n) is 6.09. The van der Waals surface area contributed by atoms with Gasteiger partial charge in [0.1, 0.15) is 0 Å². The molecule has 3 rings (SSSR count). The maximum absolute atomic E-state index is 9.51. The van der Waals surface area contributed by atoms with E-state index in [1.165, 1.54) is 18.4 Å². The van der Waals surface area contributed by atoms with Gasteiger partial charge in [0.2, 0.25) is 0 Å². The second-order valence-corrected chi connectivity index (χ2v) is 7.00. The molecule has 0 unspecified atom stereocenters. The van der Waals surface area contributed by atoms with Gasteiger partial charge in [-0.2, -0.15) is 0 Å². The zero-order valence-electron chi connectivity index (χ0n) is 11.2. The molecule has 3 heteroatoms. The summed E-state index contributed by atoms with van der Waals surface area (Å²) in [5.41, 5.74) is 1.47. The molecule has 0 bridgehead atoms. The molecule has 0 aromatic heterocycles. The maximum atomic E-state index is 9.51. The number of hydrogen-bond acceptors (Lipinski definition) is 2. The van der Waals surface area contributed by atoms with E-state index in [0.717, 1.165) is 36.1 Å². The fraction of sp³-hybridized carbons (Fsp3) is 0.625. The molecule has 0 spiro atoms. The van der Waals surface area contributed by atoms with Crippen LogP contribution in [0.2, 0.25) is 0 Å². The summed E-state index contributed by atoms with van der Waals surface area (Å²) in [5.74, 6) is 0.736. The summed E-state index contributed by atoms with van der Waals surface area (Å²) in [6.45, 7) is 0. The number of hydrogen-bond donors (Lipinski definition) is 2. The molecular formula is C16H22BrNO. The minimum absolute atomic E-state index is 0.0463. The van der Waals surface area contributed by atoms with Crippen LogP contribution < -0.4 is 5.32 Å². The first kappa shape index (κ1) is 13.6. The molecule has 1 aromatic carbocycles. The average Bonchev–Trinajstić information content (AvgIpc) is 2.37. The number of halogens is 1. The third kappa shape index (κ3) is 3.39. The highest BCUT2D eigenvalue weighted by Crippen LogP contribution is 2.38. The van der Waals surface area contributed by atoms with E-state index in [-0.39, 0.29) is 6.10 Å². The molecule has 1 aromatic rings. The first-order chi connectivity index (χ1) is 9.20. The van der Waals surface area contributed by atoms with E-state index >= 15 is 0 Å². The van der Waals surface area contributed by atoms with Gasteiger partial charge in [-0.1, -0.05) is 28.1 Å². The Labute approximate surface area is 123 Å². The molecule has 2 nitrogen and oxygen atoms in total. The van der Waals surface area contributed by atoms with Crippen molar-refractivity contribution in [3.8, 4) is 0 Å². The fourth-order valence-electron chi connectivity index (χ4n) is 3.34. The summed E-state index contributed by atoms with van der Waals surface area (Å²) in [7, 11) is 0. The summed E-state index contributed by atoms with van der Waals surface area (Å²) in [6, 6.07) is 10.1. The fourth-order valence-corrected chi connectivity index (χ4v) is 3.60. The van der Waals surface area contributed by atoms with E-state index in [1.807, 2.05) is 0 Å². The van der Waals surface area contributed by atoms with E-state index in [1.54, 1.807) is 0 Å². The topological polar surface area (TPSA) is 32.3 Å². The van der Waals surface area contributed by atoms with Crippen molar-refractivity contribution in [1.82, 2.24) is 5.32 Å². The van der Waals surface area contributed by atoms with E-state index in [2.05, 4.69) is 45.5 Å². The van der Waals surface area contributed by atoms with Crippen LogP contribution in [0.5, 0.6) is 0 Å². The van der Waals surface area contributed by atoms with Crippen LogP contribution in [0.15, 0.2) is 28.7 Å². The predicted octanol–water partition coefficient (Wildman–Crippen LogP) is 3.59. The second kappa shape index (κ2) is 5.94. The van der Waals surface area contributed by atoms with Gasteiger partial charge in [0.15, 0.2) is 0 Å². The van der Waals surface area contributed by atoms with Crippen molar-refractivity contribution >= 4 is 15.9 Å². The molecule has 0 heterocycles. The smallest absolute Gasteiger partial charge is 0.0541 e. The van der Waals surface area contributed by atoms with Gasteiger partial charge in [0.25, 0.3) is 0 Å². The van der Waals surface area contributed by atoms with E-state index in [0.29, 0.717) is 12.1 Å². The quantitative estimate of drug-likeness (QED) is 0.891. The first-order valence-electron chi connectivity index (χ1n) is 7.40. The van der Waals surface area contributed by atoms with Gasteiger partial charge in [-0.25, -0.2) is 0 Å². The van der Waals surface area contributed by atoms with E-state index < -0.39 is 0 Å². The molecule has 0 amide bonds. The molecule has 2 aliphatic rings. The first-order valence-corrected chi connectivity index (χ1v) is 8.19. The average molecular weight is 324 g/mol. The highest BCUT2D eigenvalue weighted by Gasteiger charge is 2.32. The van der Waals surface area contributed by atoms with Crippen LogP contribution in [-0.4, -0.2) is 23.3 Å².